The molecule has 0 fully saturated rings. The summed E-state index contributed by atoms with van der Waals surface area (Å²) in [7, 11) is 0. The molecule has 6 heteroatoms. The number of hydrogen-bond acceptors (Lipinski definition) is 4. The zero-order chi connectivity index (χ0) is 12.4. The van der Waals surface area contributed by atoms with Gasteiger partial charge in [-0.3, -0.25) is 4.79 Å². The van der Waals surface area contributed by atoms with Crippen LogP contribution in [0.1, 0.15) is 33.1 Å². The van der Waals surface area contributed by atoms with Crippen molar-refractivity contribution in [3.8, 4) is 0 Å². The Morgan fingerprint density at radius 3 is 1.73 bits per heavy atom. The van der Waals surface area contributed by atoms with Crippen LogP contribution in [0.3, 0.4) is 0 Å². The third-order valence-electron chi connectivity index (χ3n) is 1.32. The summed E-state index contributed by atoms with van der Waals surface area (Å²) in [5, 5.41) is 32.9. The van der Waals surface area contributed by atoms with Gasteiger partial charge in [-0.15, -0.1) is 0 Å². The molecule has 90 valence electrons. The Morgan fingerprint density at radius 2 is 1.67 bits per heavy atom. The minimum atomic E-state index is -1.17. The lowest BCUT2D eigenvalue weighted by molar-refractivity contribution is -0.147. The monoisotopic (exact) mass is 222 g/mol. The Bertz CT molecular complexity index is 189. The molecule has 0 saturated carbocycles. The summed E-state index contributed by atoms with van der Waals surface area (Å²) in [4.78, 5) is 19.5. The number of aliphatic hydroxyl groups is 2. The highest BCUT2D eigenvalue weighted by molar-refractivity contribution is 5.71. The van der Waals surface area contributed by atoms with E-state index >= 15 is 0 Å². The van der Waals surface area contributed by atoms with Gasteiger partial charge in [0.25, 0.3) is 0 Å². The molecule has 0 aliphatic rings. The molecule has 0 aliphatic carbocycles. The van der Waals surface area contributed by atoms with Crippen LogP contribution in [0, 0.1) is 0 Å². The fourth-order valence-corrected chi connectivity index (χ4v) is 0.650. The van der Waals surface area contributed by atoms with Gasteiger partial charge in [0.2, 0.25) is 0 Å². The van der Waals surface area contributed by atoms with Gasteiger partial charge in [-0.05, 0) is 13.3 Å². The van der Waals surface area contributed by atoms with E-state index in [2.05, 4.69) is 0 Å². The van der Waals surface area contributed by atoms with Crippen LogP contribution in [0.25, 0.3) is 0 Å². The Balaban J connectivity index is 0. The molecule has 0 aromatic carbocycles. The van der Waals surface area contributed by atoms with E-state index in [1.807, 2.05) is 6.92 Å². The highest BCUT2D eigenvalue weighted by Gasteiger charge is 2.09. The summed E-state index contributed by atoms with van der Waals surface area (Å²) >= 11 is 0. The number of hydrogen-bond donors (Lipinski definition) is 4. The fourth-order valence-electron chi connectivity index (χ4n) is 0.650. The van der Waals surface area contributed by atoms with Gasteiger partial charge in [-0.2, -0.15) is 0 Å². The SMILES string of the molecule is CC(O)CC(=O)O.CCCC(O)C(=O)O. The smallest absolute Gasteiger partial charge is 0.332 e. The van der Waals surface area contributed by atoms with E-state index < -0.39 is 24.1 Å². The highest BCUT2D eigenvalue weighted by Crippen LogP contribution is 1.94. The molecule has 0 saturated heterocycles. The molecule has 0 rings (SSSR count). The molecule has 0 aliphatic heterocycles. The third kappa shape index (κ3) is 15.6. The number of carbonyl (C=O) groups is 2. The molecule has 0 amide bonds. The van der Waals surface area contributed by atoms with E-state index in [0.29, 0.717) is 12.8 Å². The number of carboxylic acids is 2. The van der Waals surface area contributed by atoms with Crippen molar-refractivity contribution in [1.29, 1.82) is 0 Å². The van der Waals surface area contributed by atoms with E-state index in [1.165, 1.54) is 6.92 Å². The van der Waals surface area contributed by atoms with Crippen molar-refractivity contribution in [3.05, 3.63) is 0 Å². The normalized spacial score (nSPS) is 13.3. The molecular formula is C9H18O6. The topological polar surface area (TPSA) is 115 Å². The minimum Gasteiger partial charge on any atom is -0.481 e. The second-order valence-electron chi connectivity index (χ2n) is 3.09. The van der Waals surface area contributed by atoms with Gasteiger partial charge in [0.1, 0.15) is 0 Å². The van der Waals surface area contributed by atoms with E-state index in [-0.39, 0.29) is 6.42 Å². The van der Waals surface area contributed by atoms with E-state index in [1.54, 1.807) is 0 Å². The molecule has 0 heterocycles. The van der Waals surface area contributed by atoms with Gasteiger partial charge in [-0.1, -0.05) is 13.3 Å². The average molecular weight is 222 g/mol. The van der Waals surface area contributed by atoms with E-state index in [4.69, 9.17) is 20.4 Å². The zero-order valence-electron chi connectivity index (χ0n) is 8.88. The van der Waals surface area contributed by atoms with Crippen LogP contribution < -0.4 is 0 Å². The van der Waals surface area contributed by atoms with Crippen LogP contribution in [0.4, 0.5) is 0 Å². The van der Waals surface area contributed by atoms with Crippen molar-refractivity contribution in [2.75, 3.05) is 0 Å². The van der Waals surface area contributed by atoms with E-state index in [9.17, 15) is 9.59 Å². The Morgan fingerprint density at radius 1 is 1.20 bits per heavy atom. The maximum Gasteiger partial charge on any atom is 0.332 e. The summed E-state index contributed by atoms with van der Waals surface area (Å²) < 4.78 is 0. The molecule has 0 aromatic rings. The van der Waals surface area contributed by atoms with Crippen LogP contribution in [0.5, 0.6) is 0 Å². The fraction of sp³-hybridized carbons (Fsp3) is 0.778. The summed E-state index contributed by atoms with van der Waals surface area (Å²) in [6.07, 6.45) is -1.01. The standard InChI is InChI=1S/C5H10O3.C4H8O3/c1-2-3-4(6)5(7)8;1-3(5)2-4(6)7/h4,6H,2-3H2,1H3,(H,7,8);3,5H,2H2,1H3,(H,6,7). The summed E-state index contributed by atoms with van der Waals surface area (Å²) in [6, 6.07) is 0. The first-order valence-corrected chi connectivity index (χ1v) is 4.62. The molecule has 0 spiro atoms. The van der Waals surface area contributed by atoms with Crippen LogP contribution in [0.2, 0.25) is 0 Å². The van der Waals surface area contributed by atoms with Crippen molar-refractivity contribution in [1.82, 2.24) is 0 Å². The van der Waals surface area contributed by atoms with Gasteiger partial charge >= 0.3 is 11.9 Å². The lowest BCUT2D eigenvalue weighted by atomic mass is 10.2. The molecule has 2 atom stereocenters. The Hall–Kier alpha value is -1.14. The lowest BCUT2D eigenvalue weighted by Crippen LogP contribution is -2.18. The van der Waals surface area contributed by atoms with Gasteiger partial charge in [0.05, 0.1) is 12.5 Å². The second-order valence-corrected chi connectivity index (χ2v) is 3.09. The first-order valence-electron chi connectivity index (χ1n) is 4.62. The Kier molecular flexibility index (Phi) is 10.2. The molecule has 4 N–H and O–H groups in total. The minimum absolute atomic E-state index is 0.167. The van der Waals surface area contributed by atoms with Crippen LogP contribution in [-0.4, -0.2) is 44.6 Å². The number of carboxylic acid groups (broad SMARTS) is 2. The van der Waals surface area contributed by atoms with Crippen LogP contribution in [0.15, 0.2) is 0 Å². The predicted octanol–water partition coefficient (Wildman–Crippen LogP) is 0.0739. The lowest BCUT2D eigenvalue weighted by Gasteiger charge is -1.99. The first kappa shape index (κ1) is 16.3. The largest absolute Gasteiger partial charge is 0.481 e. The Labute approximate surface area is 88.2 Å². The first-order chi connectivity index (χ1) is 6.81. The van der Waals surface area contributed by atoms with Gasteiger partial charge in [-0.25, -0.2) is 4.79 Å². The maximum absolute atomic E-state index is 9.84. The molecule has 0 bridgehead atoms. The molecule has 2 unspecified atom stereocenters. The average Bonchev–Trinajstić information content (AvgIpc) is 2.02. The van der Waals surface area contributed by atoms with Crippen molar-refractivity contribution < 1.29 is 30.0 Å². The quantitative estimate of drug-likeness (QED) is 0.523. The summed E-state index contributed by atoms with van der Waals surface area (Å²) in [6.45, 7) is 3.26. The summed E-state index contributed by atoms with van der Waals surface area (Å²) in [5.41, 5.74) is 0. The van der Waals surface area contributed by atoms with Gasteiger partial charge in [0.15, 0.2) is 6.10 Å². The number of aliphatic hydroxyl groups excluding tert-OH is 2. The summed E-state index contributed by atoms with van der Waals surface area (Å²) in [5.74, 6) is -2.10. The molecular weight excluding hydrogens is 204 g/mol. The van der Waals surface area contributed by atoms with Crippen LogP contribution in [-0.2, 0) is 9.59 Å². The number of rotatable bonds is 5. The molecule has 15 heavy (non-hydrogen) atoms. The highest BCUT2D eigenvalue weighted by atomic mass is 16.4. The maximum atomic E-state index is 9.84. The van der Waals surface area contributed by atoms with Crippen molar-refractivity contribution >= 4 is 11.9 Å². The molecule has 6 nitrogen and oxygen atoms in total. The third-order valence-corrected chi connectivity index (χ3v) is 1.32. The van der Waals surface area contributed by atoms with Crippen molar-refractivity contribution in [3.63, 3.8) is 0 Å². The van der Waals surface area contributed by atoms with E-state index in [0.717, 1.165) is 0 Å². The molecule has 0 radical (unpaired) electrons. The van der Waals surface area contributed by atoms with Gasteiger partial charge < -0.3 is 20.4 Å². The second kappa shape index (κ2) is 9.42. The predicted molar refractivity (Wildman–Crippen MR) is 52.5 cm³/mol. The van der Waals surface area contributed by atoms with Crippen molar-refractivity contribution in [2.45, 2.75) is 45.3 Å². The van der Waals surface area contributed by atoms with Crippen molar-refractivity contribution in [2.24, 2.45) is 0 Å². The van der Waals surface area contributed by atoms with Crippen LogP contribution >= 0.6 is 0 Å². The zero-order valence-corrected chi connectivity index (χ0v) is 8.88. The number of aliphatic carboxylic acids is 2. The molecule has 0 aromatic heterocycles. The van der Waals surface area contributed by atoms with Gasteiger partial charge in [0, 0.05) is 0 Å².